The van der Waals surface area contributed by atoms with Gasteiger partial charge < -0.3 is 4.74 Å². The maximum atomic E-state index is 6.53. The first-order valence-corrected chi connectivity index (χ1v) is 11.1. The molecule has 2 unspecified atom stereocenters. The fourth-order valence-electron chi connectivity index (χ4n) is 3.55. The molecule has 1 heteroatoms. The second-order valence-corrected chi connectivity index (χ2v) is 10.6. The summed E-state index contributed by atoms with van der Waals surface area (Å²) in [6.07, 6.45) is 10.3. The van der Waals surface area contributed by atoms with Crippen LogP contribution in [0.5, 0.6) is 0 Å². The maximum absolute atomic E-state index is 6.53. The predicted molar refractivity (Wildman–Crippen MR) is 114 cm³/mol. The van der Waals surface area contributed by atoms with Crippen LogP contribution in [0.1, 0.15) is 121 Å². The van der Waals surface area contributed by atoms with Gasteiger partial charge in [0.25, 0.3) is 0 Å². The van der Waals surface area contributed by atoms with Gasteiger partial charge in [0.05, 0.1) is 11.2 Å². The van der Waals surface area contributed by atoms with E-state index < -0.39 is 0 Å². The number of hydrogen-bond donors (Lipinski definition) is 0. The minimum absolute atomic E-state index is 0.00417. The van der Waals surface area contributed by atoms with Crippen LogP contribution in [0.2, 0.25) is 0 Å². The van der Waals surface area contributed by atoms with E-state index in [9.17, 15) is 0 Å². The lowest BCUT2D eigenvalue weighted by molar-refractivity contribution is -0.130. The number of rotatable bonds is 14. The van der Waals surface area contributed by atoms with Gasteiger partial charge in [-0.15, -0.1) is 0 Å². The van der Waals surface area contributed by atoms with Crippen molar-refractivity contribution in [2.24, 2.45) is 23.7 Å². The Morgan fingerprint density at radius 1 is 0.560 bits per heavy atom. The maximum Gasteiger partial charge on any atom is 0.0633 e. The van der Waals surface area contributed by atoms with Gasteiger partial charge in [-0.25, -0.2) is 0 Å². The zero-order valence-electron chi connectivity index (χ0n) is 19.4. The third kappa shape index (κ3) is 12.9. The van der Waals surface area contributed by atoms with Gasteiger partial charge in [0.15, 0.2) is 0 Å². The van der Waals surface area contributed by atoms with Gasteiger partial charge in [-0.3, -0.25) is 0 Å². The Hall–Kier alpha value is -0.0400. The summed E-state index contributed by atoms with van der Waals surface area (Å²) in [6, 6.07) is 0. The Kier molecular flexibility index (Phi) is 11.6. The Morgan fingerprint density at radius 2 is 0.880 bits per heavy atom. The average Bonchev–Trinajstić information content (AvgIpc) is 2.46. The summed E-state index contributed by atoms with van der Waals surface area (Å²) < 4.78 is 6.53. The lowest BCUT2D eigenvalue weighted by atomic mass is 9.89. The summed E-state index contributed by atoms with van der Waals surface area (Å²) in [5, 5.41) is 0. The average molecular weight is 355 g/mol. The quantitative estimate of drug-likeness (QED) is 0.285. The summed E-state index contributed by atoms with van der Waals surface area (Å²) in [4.78, 5) is 0. The number of hydrogen-bond acceptors (Lipinski definition) is 1. The largest absolute Gasteiger partial charge is 0.370 e. The molecule has 0 saturated carbocycles. The molecule has 0 aliphatic carbocycles. The normalized spacial score (nSPS) is 15.8. The van der Waals surface area contributed by atoms with Gasteiger partial charge in [0.1, 0.15) is 0 Å². The Labute approximate surface area is 160 Å². The van der Waals surface area contributed by atoms with E-state index >= 15 is 0 Å². The molecule has 0 saturated heterocycles. The van der Waals surface area contributed by atoms with Crippen molar-refractivity contribution in [1.29, 1.82) is 0 Å². The van der Waals surface area contributed by atoms with Crippen molar-refractivity contribution in [2.75, 3.05) is 0 Å². The minimum Gasteiger partial charge on any atom is -0.370 e. The zero-order valence-corrected chi connectivity index (χ0v) is 19.4. The molecule has 1 nitrogen and oxygen atoms in total. The first kappa shape index (κ1) is 25.0. The van der Waals surface area contributed by atoms with Crippen LogP contribution < -0.4 is 0 Å². The van der Waals surface area contributed by atoms with E-state index in [4.69, 9.17) is 4.74 Å². The second-order valence-electron chi connectivity index (χ2n) is 10.6. The van der Waals surface area contributed by atoms with Crippen molar-refractivity contribution < 1.29 is 4.74 Å². The van der Waals surface area contributed by atoms with Crippen LogP contribution in [-0.2, 0) is 4.74 Å². The van der Waals surface area contributed by atoms with E-state index in [1.54, 1.807) is 0 Å². The van der Waals surface area contributed by atoms with Gasteiger partial charge >= 0.3 is 0 Å². The van der Waals surface area contributed by atoms with Crippen LogP contribution in [-0.4, -0.2) is 11.2 Å². The predicted octanol–water partition coefficient (Wildman–Crippen LogP) is 8.27. The van der Waals surface area contributed by atoms with Gasteiger partial charge in [-0.2, -0.15) is 0 Å². The Morgan fingerprint density at radius 3 is 1.16 bits per heavy atom. The molecule has 152 valence electrons. The molecule has 0 aromatic carbocycles. The van der Waals surface area contributed by atoms with Crippen molar-refractivity contribution in [3.05, 3.63) is 0 Å². The van der Waals surface area contributed by atoms with E-state index in [2.05, 4.69) is 69.2 Å². The standard InChI is InChI=1S/C24H50O/c1-19(2)21(5)15-11-13-17-23(7,8)25-24(9,10)18-14-12-16-22(6)20(3)4/h19-22H,11-18H2,1-10H3. The van der Waals surface area contributed by atoms with Crippen molar-refractivity contribution in [1.82, 2.24) is 0 Å². The highest BCUT2D eigenvalue weighted by molar-refractivity contribution is 4.78. The molecule has 0 radical (unpaired) electrons. The Bertz CT molecular complexity index is 295. The van der Waals surface area contributed by atoms with Crippen LogP contribution in [0.25, 0.3) is 0 Å². The zero-order chi connectivity index (χ0) is 19.7. The molecule has 0 bridgehead atoms. The molecule has 0 heterocycles. The van der Waals surface area contributed by atoms with Gasteiger partial charge in [-0.1, -0.05) is 80.1 Å². The molecule has 0 rings (SSSR count). The minimum atomic E-state index is -0.00417. The van der Waals surface area contributed by atoms with Crippen molar-refractivity contribution in [3.8, 4) is 0 Å². The molecule has 0 fully saturated rings. The molecule has 0 amide bonds. The molecule has 0 aromatic rings. The number of ether oxygens (including phenoxy) is 1. The molecule has 0 N–H and O–H groups in total. The molecular formula is C24H50O. The van der Waals surface area contributed by atoms with Crippen LogP contribution in [0.15, 0.2) is 0 Å². The van der Waals surface area contributed by atoms with Crippen molar-refractivity contribution >= 4 is 0 Å². The molecule has 2 atom stereocenters. The summed E-state index contributed by atoms with van der Waals surface area (Å²) in [7, 11) is 0. The van der Waals surface area contributed by atoms with E-state index in [0.29, 0.717) is 0 Å². The topological polar surface area (TPSA) is 9.23 Å². The van der Waals surface area contributed by atoms with Crippen molar-refractivity contribution in [2.45, 2.75) is 132 Å². The van der Waals surface area contributed by atoms with Crippen LogP contribution in [0, 0.1) is 23.7 Å². The van der Waals surface area contributed by atoms with Crippen LogP contribution >= 0.6 is 0 Å². The fraction of sp³-hybridized carbons (Fsp3) is 1.00. The van der Waals surface area contributed by atoms with Crippen LogP contribution in [0.3, 0.4) is 0 Å². The molecular weight excluding hydrogens is 304 g/mol. The first-order chi connectivity index (χ1) is 11.4. The van der Waals surface area contributed by atoms with Gasteiger partial charge in [0, 0.05) is 0 Å². The number of unbranched alkanes of at least 4 members (excludes halogenated alkanes) is 2. The molecule has 0 aliphatic rings. The third-order valence-electron chi connectivity index (χ3n) is 6.21. The SMILES string of the molecule is CC(C)C(C)CCCCC(C)(C)OC(C)(C)CCCCC(C)C(C)C. The van der Waals surface area contributed by atoms with Gasteiger partial charge in [0.2, 0.25) is 0 Å². The third-order valence-corrected chi connectivity index (χ3v) is 6.21. The van der Waals surface area contributed by atoms with E-state index in [0.717, 1.165) is 23.7 Å². The second kappa shape index (κ2) is 11.6. The van der Waals surface area contributed by atoms with E-state index in [1.165, 1.54) is 51.4 Å². The lowest BCUT2D eigenvalue weighted by Crippen LogP contribution is -2.37. The summed E-state index contributed by atoms with van der Waals surface area (Å²) >= 11 is 0. The monoisotopic (exact) mass is 354 g/mol. The van der Waals surface area contributed by atoms with Crippen LogP contribution in [0.4, 0.5) is 0 Å². The fourth-order valence-corrected chi connectivity index (χ4v) is 3.55. The summed E-state index contributed by atoms with van der Waals surface area (Å²) in [6.45, 7) is 23.2. The smallest absolute Gasteiger partial charge is 0.0633 e. The van der Waals surface area contributed by atoms with Crippen molar-refractivity contribution in [3.63, 3.8) is 0 Å². The molecule has 25 heavy (non-hydrogen) atoms. The highest BCUT2D eigenvalue weighted by Crippen LogP contribution is 2.30. The van der Waals surface area contributed by atoms with Gasteiger partial charge in [-0.05, 0) is 64.2 Å². The summed E-state index contributed by atoms with van der Waals surface area (Å²) in [5.41, 5.74) is -0.00835. The molecule has 0 aliphatic heterocycles. The lowest BCUT2D eigenvalue weighted by Gasteiger charge is -2.36. The van der Waals surface area contributed by atoms with E-state index in [-0.39, 0.29) is 11.2 Å². The molecule has 0 spiro atoms. The summed E-state index contributed by atoms with van der Waals surface area (Å²) in [5.74, 6) is 3.30. The molecule has 0 aromatic heterocycles. The highest BCUT2D eigenvalue weighted by Gasteiger charge is 2.28. The van der Waals surface area contributed by atoms with E-state index in [1.807, 2.05) is 0 Å². The highest BCUT2D eigenvalue weighted by atomic mass is 16.5. The Balaban J connectivity index is 4.07. The first-order valence-electron chi connectivity index (χ1n) is 11.1.